The van der Waals surface area contributed by atoms with Crippen molar-refractivity contribution in [2.24, 2.45) is 0 Å². The summed E-state index contributed by atoms with van der Waals surface area (Å²) < 4.78 is 5.77. The van der Waals surface area contributed by atoms with Gasteiger partial charge in [-0.15, -0.1) is 0 Å². The molecule has 23 heavy (non-hydrogen) atoms. The summed E-state index contributed by atoms with van der Waals surface area (Å²) >= 11 is 0. The molecule has 118 valence electrons. The van der Waals surface area contributed by atoms with Gasteiger partial charge in [0.1, 0.15) is 17.1 Å². The first kappa shape index (κ1) is 13.9. The van der Waals surface area contributed by atoms with Crippen molar-refractivity contribution in [3.8, 4) is 0 Å². The molecule has 4 rings (SSSR count). The lowest BCUT2D eigenvalue weighted by Crippen LogP contribution is -2.36. The molecule has 0 aromatic carbocycles. The van der Waals surface area contributed by atoms with Crippen LogP contribution in [0.4, 0.5) is 0 Å². The molecule has 0 radical (unpaired) electrons. The highest BCUT2D eigenvalue weighted by atomic mass is 16.4. The number of nitrogens with zero attached hydrogens (tertiary/aromatic N) is 4. The number of oxazole rings is 1. The van der Waals surface area contributed by atoms with Crippen LogP contribution in [0.3, 0.4) is 0 Å². The number of nitrogens with one attached hydrogen (secondary N) is 1. The molecule has 7 nitrogen and oxygen atoms in total. The third-order valence-electron chi connectivity index (χ3n) is 4.04. The highest BCUT2D eigenvalue weighted by Crippen LogP contribution is 2.24. The smallest absolute Gasteiger partial charge is 0.272 e. The zero-order valence-corrected chi connectivity index (χ0v) is 13.0. The van der Waals surface area contributed by atoms with Gasteiger partial charge >= 0.3 is 0 Å². The number of aromatic nitrogens is 4. The highest BCUT2D eigenvalue weighted by molar-refractivity contribution is 5.94. The van der Waals surface area contributed by atoms with Gasteiger partial charge in [0.15, 0.2) is 11.5 Å². The van der Waals surface area contributed by atoms with Crippen LogP contribution < -0.4 is 0 Å². The number of hydrogen-bond donors (Lipinski definition) is 1. The molecule has 3 aromatic rings. The van der Waals surface area contributed by atoms with Crippen molar-refractivity contribution in [3.63, 3.8) is 0 Å². The molecule has 3 aromatic heterocycles. The number of carbonyl (C=O) groups is 1. The third-order valence-corrected chi connectivity index (χ3v) is 4.04. The molecule has 0 spiro atoms. The van der Waals surface area contributed by atoms with Gasteiger partial charge in [-0.2, -0.15) is 5.10 Å². The molecule has 0 atom stereocenters. The zero-order chi connectivity index (χ0) is 16.0. The Morgan fingerprint density at radius 1 is 1.35 bits per heavy atom. The van der Waals surface area contributed by atoms with Crippen LogP contribution in [0.5, 0.6) is 0 Å². The van der Waals surface area contributed by atoms with Crippen molar-refractivity contribution in [1.29, 1.82) is 0 Å². The fourth-order valence-corrected chi connectivity index (χ4v) is 2.75. The molecule has 0 saturated carbocycles. The predicted octanol–water partition coefficient (Wildman–Crippen LogP) is 2.27. The average molecular weight is 311 g/mol. The van der Waals surface area contributed by atoms with Crippen molar-refractivity contribution >= 4 is 16.9 Å². The summed E-state index contributed by atoms with van der Waals surface area (Å²) in [6.07, 6.45) is 2.37. The molecular formula is C16H17N5O2. The Kier molecular flexibility index (Phi) is 3.14. The van der Waals surface area contributed by atoms with Gasteiger partial charge in [0.2, 0.25) is 0 Å². The summed E-state index contributed by atoms with van der Waals surface area (Å²) in [4.78, 5) is 23.3. The van der Waals surface area contributed by atoms with Crippen LogP contribution in [0, 0.1) is 0 Å². The van der Waals surface area contributed by atoms with Gasteiger partial charge in [-0.25, -0.2) is 9.97 Å². The quantitative estimate of drug-likeness (QED) is 0.784. The summed E-state index contributed by atoms with van der Waals surface area (Å²) in [6.45, 7) is 5.17. The van der Waals surface area contributed by atoms with E-state index in [1.54, 1.807) is 17.2 Å². The van der Waals surface area contributed by atoms with Crippen LogP contribution in [0.15, 0.2) is 22.7 Å². The van der Waals surface area contributed by atoms with Gasteiger partial charge in [-0.3, -0.25) is 9.89 Å². The number of rotatable bonds is 2. The molecule has 0 saturated heterocycles. The Balaban J connectivity index is 1.59. The van der Waals surface area contributed by atoms with E-state index >= 15 is 0 Å². The summed E-state index contributed by atoms with van der Waals surface area (Å²) in [5, 5.41) is 7.61. The van der Waals surface area contributed by atoms with E-state index in [4.69, 9.17) is 4.42 Å². The van der Waals surface area contributed by atoms with Crippen molar-refractivity contribution < 1.29 is 9.21 Å². The predicted molar refractivity (Wildman–Crippen MR) is 82.9 cm³/mol. The maximum absolute atomic E-state index is 12.7. The second-order valence-electron chi connectivity index (χ2n) is 6.06. The first-order valence-electron chi connectivity index (χ1n) is 7.69. The molecule has 0 bridgehead atoms. The second-order valence-corrected chi connectivity index (χ2v) is 6.06. The number of pyridine rings is 1. The summed E-state index contributed by atoms with van der Waals surface area (Å²) in [7, 11) is 0. The Hall–Kier alpha value is -2.70. The molecule has 7 heteroatoms. The summed E-state index contributed by atoms with van der Waals surface area (Å²) in [6, 6.07) is 3.58. The van der Waals surface area contributed by atoms with Gasteiger partial charge in [0, 0.05) is 24.3 Å². The largest absolute Gasteiger partial charge is 0.445 e. The van der Waals surface area contributed by atoms with E-state index in [0.717, 1.165) is 22.7 Å². The number of amides is 1. The van der Waals surface area contributed by atoms with Crippen LogP contribution in [-0.4, -0.2) is 37.5 Å². The van der Waals surface area contributed by atoms with Gasteiger partial charge in [0.25, 0.3) is 5.91 Å². The Bertz CT molecular complexity index is 880. The minimum atomic E-state index is -0.0961. The van der Waals surface area contributed by atoms with E-state index in [9.17, 15) is 4.79 Å². The molecule has 0 unspecified atom stereocenters. The minimum absolute atomic E-state index is 0.0961. The van der Waals surface area contributed by atoms with Crippen molar-refractivity contribution in [2.45, 2.75) is 32.7 Å². The Morgan fingerprint density at radius 3 is 3.04 bits per heavy atom. The SMILES string of the molecule is CC(C)c1nc2c(o1)CCN(C(=O)c1ccc3cn[nH]c3n1)C2. The number of aromatic amines is 1. The number of hydrogen-bond acceptors (Lipinski definition) is 5. The van der Waals surface area contributed by atoms with Crippen LogP contribution in [0.25, 0.3) is 11.0 Å². The molecule has 1 aliphatic heterocycles. The van der Waals surface area contributed by atoms with Gasteiger partial charge in [-0.05, 0) is 12.1 Å². The standard InChI is InChI=1S/C16H17N5O2/c1-9(2)15-19-12-8-21(6-5-13(12)23-15)16(22)11-4-3-10-7-17-20-14(10)18-11/h3-4,7,9H,5-6,8H2,1-2H3,(H,17,18,20). The van der Waals surface area contributed by atoms with E-state index in [1.165, 1.54) is 0 Å². The Labute approximate surface area is 132 Å². The van der Waals surface area contributed by atoms with E-state index < -0.39 is 0 Å². The first-order chi connectivity index (χ1) is 11.1. The van der Waals surface area contributed by atoms with Crippen LogP contribution in [-0.2, 0) is 13.0 Å². The summed E-state index contributed by atoms with van der Waals surface area (Å²) in [5.74, 6) is 1.78. The lowest BCUT2D eigenvalue weighted by molar-refractivity contribution is 0.0722. The monoisotopic (exact) mass is 311 g/mol. The van der Waals surface area contributed by atoms with Crippen molar-refractivity contribution in [1.82, 2.24) is 25.1 Å². The average Bonchev–Trinajstić information content (AvgIpc) is 3.19. The minimum Gasteiger partial charge on any atom is -0.445 e. The van der Waals surface area contributed by atoms with Crippen LogP contribution in [0.1, 0.15) is 47.6 Å². The second kappa shape index (κ2) is 5.19. The molecular weight excluding hydrogens is 294 g/mol. The molecule has 4 heterocycles. The van der Waals surface area contributed by atoms with Crippen LogP contribution in [0.2, 0.25) is 0 Å². The molecule has 1 aliphatic rings. The van der Waals surface area contributed by atoms with Gasteiger partial charge < -0.3 is 9.32 Å². The topological polar surface area (TPSA) is 87.9 Å². The van der Waals surface area contributed by atoms with Gasteiger partial charge in [0.05, 0.1) is 12.7 Å². The zero-order valence-electron chi connectivity index (χ0n) is 13.0. The number of fused-ring (bicyclic) bond motifs is 2. The molecule has 0 fully saturated rings. The van der Waals surface area contributed by atoms with E-state index in [-0.39, 0.29) is 11.8 Å². The van der Waals surface area contributed by atoms with Gasteiger partial charge in [-0.1, -0.05) is 13.8 Å². The number of carbonyl (C=O) groups excluding carboxylic acids is 1. The fourth-order valence-electron chi connectivity index (χ4n) is 2.75. The number of H-pyrrole nitrogens is 1. The maximum atomic E-state index is 12.7. The first-order valence-corrected chi connectivity index (χ1v) is 7.69. The van der Waals surface area contributed by atoms with Crippen molar-refractivity contribution in [3.05, 3.63) is 41.4 Å². The maximum Gasteiger partial charge on any atom is 0.272 e. The third kappa shape index (κ3) is 2.38. The molecule has 1 amide bonds. The Morgan fingerprint density at radius 2 is 2.22 bits per heavy atom. The molecule has 1 N–H and O–H groups in total. The van der Waals surface area contributed by atoms with E-state index in [1.807, 2.05) is 19.9 Å². The highest BCUT2D eigenvalue weighted by Gasteiger charge is 2.27. The summed E-state index contributed by atoms with van der Waals surface area (Å²) in [5.41, 5.74) is 1.89. The van der Waals surface area contributed by atoms with E-state index in [0.29, 0.717) is 30.9 Å². The normalized spacial score (nSPS) is 14.5. The van der Waals surface area contributed by atoms with Crippen molar-refractivity contribution in [2.75, 3.05) is 6.54 Å². The lowest BCUT2D eigenvalue weighted by atomic mass is 10.1. The van der Waals surface area contributed by atoms with E-state index in [2.05, 4.69) is 20.2 Å². The lowest BCUT2D eigenvalue weighted by Gasteiger charge is -2.24. The fraction of sp³-hybridized carbons (Fsp3) is 0.375. The molecule has 0 aliphatic carbocycles. The van der Waals surface area contributed by atoms with Crippen LogP contribution >= 0.6 is 0 Å².